The molecule has 0 bridgehead atoms. The van der Waals surface area contributed by atoms with Crippen LogP contribution in [0.1, 0.15) is 85.0 Å². The first-order valence-electron chi connectivity index (χ1n) is 9.27. The molecule has 0 aliphatic rings. The van der Waals surface area contributed by atoms with E-state index in [1.54, 1.807) is 6.08 Å². The van der Waals surface area contributed by atoms with Crippen LogP contribution in [0.25, 0.3) is 0 Å². The van der Waals surface area contributed by atoms with Crippen molar-refractivity contribution >= 4 is 5.91 Å². The Morgan fingerprint density at radius 1 is 0.909 bits per heavy atom. The number of unbranched alkanes of at least 4 members (excludes halogenated alkanes) is 9. The van der Waals surface area contributed by atoms with Crippen molar-refractivity contribution in [2.24, 2.45) is 5.92 Å². The van der Waals surface area contributed by atoms with E-state index in [4.69, 9.17) is 0 Å². The van der Waals surface area contributed by atoms with Gasteiger partial charge in [-0.3, -0.25) is 4.79 Å². The fourth-order valence-electron chi connectivity index (χ4n) is 2.25. The maximum Gasteiger partial charge on any atom is 0.243 e. The summed E-state index contributed by atoms with van der Waals surface area (Å²) in [5, 5.41) is 2.87. The summed E-state index contributed by atoms with van der Waals surface area (Å²) in [4.78, 5) is 11.4. The Hall–Kier alpha value is -1.05. The molecule has 0 heterocycles. The highest BCUT2D eigenvalue weighted by Gasteiger charge is 1.95. The van der Waals surface area contributed by atoms with E-state index in [1.807, 2.05) is 12.2 Å². The summed E-state index contributed by atoms with van der Waals surface area (Å²) in [6.07, 6.45) is 21.0. The quantitative estimate of drug-likeness (QED) is 0.245. The van der Waals surface area contributed by atoms with E-state index in [2.05, 4.69) is 32.2 Å². The predicted octanol–water partition coefficient (Wildman–Crippen LogP) is 5.79. The Labute approximate surface area is 138 Å². The van der Waals surface area contributed by atoms with Crippen LogP contribution in [0.4, 0.5) is 0 Å². The van der Waals surface area contributed by atoms with E-state index >= 15 is 0 Å². The van der Waals surface area contributed by atoms with Gasteiger partial charge < -0.3 is 5.32 Å². The number of carbonyl (C=O) groups excluding carboxylic acids is 1. The fourth-order valence-corrected chi connectivity index (χ4v) is 2.25. The molecule has 0 spiro atoms. The van der Waals surface area contributed by atoms with Gasteiger partial charge in [-0.25, -0.2) is 0 Å². The van der Waals surface area contributed by atoms with Crippen molar-refractivity contribution in [2.45, 2.75) is 85.0 Å². The van der Waals surface area contributed by atoms with Crippen molar-refractivity contribution in [1.29, 1.82) is 0 Å². The van der Waals surface area contributed by atoms with E-state index in [-0.39, 0.29) is 5.91 Å². The van der Waals surface area contributed by atoms with Crippen molar-refractivity contribution in [3.63, 3.8) is 0 Å². The van der Waals surface area contributed by atoms with Gasteiger partial charge in [-0.15, -0.1) is 0 Å². The molecule has 2 nitrogen and oxygen atoms in total. The summed E-state index contributed by atoms with van der Waals surface area (Å²) in [5.41, 5.74) is 0. The lowest BCUT2D eigenvalue weighted by molar-refractivity contribution is -0.116. The van der Waals surface area contributed by atoms with Crippen molar-refractivity contribution in [3.8, 4) is 0 Å². The minimum Gasteiger partial charge on any atom is -0.352 e. The Kier molecular flexibility index (Phi) is 15.5. The lowest BCUT2D eigenvalue weighted by atomic mass is 10.1. The van der Waals surface area contributed by atoms with Gasteiger partial charge in [-0.05, 0) is 18.8 Å². The van der Waals surface area contributed by atoms with Crippen molar-refractivity contribution in [2.75, 3.05) is 6.54 Å². The molecule has 0 aliphatic heterocycles. The van der Waals surface area contributed by atoms with E-state index < -0.39 is 0 Å². The van der Waals surface area contributed by atoms with Gasteiger partial charge in [0.25, 0.3) is 0 Å². The summed E-state index contributed by atoms with van der Waals surface area (Å²) in [6, 6.07) is 0. The largest absolute Gasteiger partial charge is 0.352 e. The number of carbonyl (C=O) groups is 1. The normalized spacial score (nSPS) is 11.8. The van der Waals surface area contributed by atoms with Gasteiger partial charge in [0.2, 0.25) is 5.91 Å². The third kappa shape index (κ3) is 17.0. The van der Waals surface area contributed by atoms with Crippen molar-refractivity contribution < 1.29 is 4.79 Å². The molecule has 22 heavy (non-hydrogen) atoms. The minimum absolute atomic E-state index is 0.00132. The van der Waals surface area contributed by atoms with Crippen LogP contribution in [-0.2, 0) is 4.79 Å². The third-order valence-corrected chi connectivity index (χ3v) is 3.65. The lowest BCUT2D eigenvalue weighted by Gasteiger charge is -2.03. The topological polar surface area (TPSA) is 29.1 Å². The van der Waals surface area contributed by atoms with Gasteiger partial charge in [0.15, 0.2) is 0 Å². The monoisotopic (exact) mass is 307 g/mol. The van der Waals surface area contributed by atoms with Crippen LogP contribution < -0.4 is 5.32 Å². The van der Waals surface area contributed by atoms with Gasteiger partial charge in [0.05, 0.1) is 0 Å². The highest BCUT2D eigenvalue weighted by molar-refractivity contribution is 5.87. The average Bonchev–Trinajstić information content (AvgIpc) is 2.49. The number of nitrogens with one attached hydrogen (secondary N) is 1. The molecule has 0 aromatic heterocycles. The van der Waals surface area contributed by atoms with Crippen LogP contribution in [0.3, 0.4) is 0 Å². The average molecular weight is 308 g/mol. The van der Waals surface area contributed by atoms with Crippen molar-refractivity contribution in [1.82, 2.24) is 5.32 Å². The summed E-state index contributed by atoms with van der Waals surface area (Å²) in [6.45, 7) is 7.19. The fraction of sp³-hybridized carbons (Fsp3) is 0.750. The Morgan fingerprint density at radius 2 is 1.50 bits per heavy atom. The standard InChI is InChI=1S/C20H37NO/c1-4-5-6-7-8-9-10-11-12-13-14-15-16-17-20(22)21-18-19(2)3/h14-17,19H,4-13,18H2,1-3H3,(H,21,22)/b15-14+,17-16+. The Balaban J connectivity index is 3.35. The van der Waals surface area contributed by atoms with Crippen LogP contribution in [0, 0.1) is 5.92 Å². The van der Waals surface area contributed by atoms with Gasteiger partial charge in [-0.2, -0.15) is 0 Å². The summed E-state index contributed by atoms with van der Waals surface area (Å²) >= 11 is 0. The first kappa shape index (κ1) is 20.9. The highest BCUT2D eigenvalue weighted by Crippen LogP contribution is 2.10. The predicted molar refractivity (Wildman–Crippen MR) is 98.0 cm³/mol. The molecule has 0 aromatic carbocycles. The first-order chi connectivity index (χ1) is 10.7. The number of hydrogen-bond donors (Lipinski definition) is 1. The zero-order valence-electron chi connectivity index (χ0n) is 15.1. The second-order valence-corrected chi connectivity index (χ2v) is 6.54. The highest BCUT2D eigenvalue weighted by atomic mass is 16.1. The third-order valence-electron chi connectivity index (χ3n) is 3.65. The molecule has 0 saturated heterocycles. The Bertz CT molecular complexity index is 305. The van der Waals surface area contributed by atoms with Crippen LogP contribution in [0.2, 0.25) is 0 Å². The van der Waals surface area contributed by atoms with Gasteiger partial charge in [-0.1, -0.05) is 90.4 Å². The summed E-state index contributed by atoms with van der Waals surface area (Å²) < 4.78 is 0. The second kappa shape index (κ2) is 16.3. The second-order valence-electron chi connectivity index (χ2n) is 6.54. The van der Waals surface area contributed by atoms with Crippen LogP contribution >= 0.6 is 0 Å². The van der Waals surface area contributed by atoms with E-state index in [9.17, 15) is 4.79 Å². The molecule has 0 rings (SSSR count). The van der Waals surface area contributed by atoms with E-state index in [1.165, 1.54) is 57.8 Å². The molecule has 2 heteroatoms. The van der Waals surface area contributed by atoms with Crippen molar-refractivity contribution in [3.05, 3.63) is 24.3 Å². The first-order valence-corrected chi connectivity index (χ1v) is 9.27. The molecular weight excluding hydrogens is 270 g/mol. The lowest BCUT2D eigenvalue weighted by Crippen LogP contribution is -2.25. The molecule has 0 fully saturated rings. The number of rotatable bonds is 14. The van der Waals surface area contributed by atoms with Gasteiger partial charge >= 0.3 is 0 Å². The maximum absolute atomic E-state index is 11.4. The number of amides is 1. The zero-order chi connectivity index (χ0) is 16.5. The Morgan fingerprint density at radius 3 is 2.09 bits per heavy atom. The van der Waals surface area contributed by atoms with E-state index in [0.717, 1.165) is 13.0 Å². The van der Waals surface area contributed by atoms with Crippen LogP contribution in [0.5, 0.6) is 0 Å². The van der Waals surface area contributed by atoms with Crippen LogP contribution in [0.15, 0.2) is 24.3 Å². The smallest absolute Gasteiger partial charge is 0.243 e. The van der Waals surface area contributed by atoms with Gasteiger partial charge in [0.1, 0.15) is 0 Å². The zero-order valence-corrected chi connectivity index (χ0v) is 15.1. The molecule has 0 atom stereocenters. The molecule has 1 amide bonds. The van der Waals surface area contributed by atoms with Gasteiger partial charge in [0, 0.05) is 12.6 Å². The van der Waals surface area contributed by atoms with E-state index in [0.29, 0.717) is 5.92 Å². The maximum atomic E-state index is 11.4. The molecule has 0 aliphatic carbocycles. The molecule has 0 radical (unpaired) electrons. The molecule has 0 aromatic rings. The molecule has 0 unspecified atom stereocenters. The minimum atomic E-state index is 0.00132. The SMILES string of the molecule is CCCCCCCCCCC/C=C/C=C/C(=O)NCC(C)C. The molecule has 128 valence electrons. The van der Waals surface area contributed by atoms with Crippen LogP contribution in [-0.4, -0.2) is 12.5 Å². The molecular formula is C20H37NO. The number of hydrogen-bond acceptors (Lipinski definition) is 1. The summed E-state index contributed by atoms with van der Waals surface area (Å²) in [7, 11) is 0. The number of allylic oxidation sites excluding steroid dienone is 3. The molecule has 0 saturated carbocycles. The molecule has 1 N–H and O–H groups in total. The summed E-state index contributed by atoms with van der Waals surface area (Å²) in [5.74, 6) is 0.501.